The third-order valence-corrected chi connectivity index (χ3v) is 6.52. The van der Waals surface area contributed by atoms with Crippen LogP contribution < -0.4 is 0 Å². The summed E-state index contributed by atoms with van der Waals surface area (Å²) in [6.07, 6.45) is 8.09. The minimum atomic E-state index is -4.11. The molecular weight excluding hydrogens is 368 g/mol. The summed E-state index contributed by atoms with van der Waals surface area (Å²) in [6.45, 7) is 5.33. The second kappa shape index (κ2) is 8.38. The summed E-state index contributed by atoms with van der Waals surface area (Å²) >= 11 is 0. The minimum Gasteiger partial charge on any atom is -0.359 e. The van der Waals surface area contributed by atoms with Crippen molar-refractivity contribution < 1.29 is 18.1 Å². The summed E-state index contributed by atoms with van der Waals surface area (Å²) in [5.41, 5.74) is -0.982. The van der Waals surface area contributed by atoms with Gasteiger partial charge in [0, 0.05) is 18.5 Å². The molecule has 1 aromatic rings. The number of benzene rings is 1. The third kappa shape index (κ3) is 5.28. The van der Waals surface area contributed by atoms with Gasteiger partial charge in [0.1, 0.15) is 6.73 Å². The molecule has 7 nitrogen and oxygen atoms in total. The highest BCUT2D eigenvalue weighted by molar-refractivity contribution is 7.89. The molecule has 2 atom stereocenters. The monoisotopic (exact) mass is 394 g/mol. The van der Waals surface area contributed by atoms with Crippen LogP contribution in [-0.4, -0.2) is 36.0 Å². The first kappa shape index (κ1) is 21.4. The topological polar surface area (TPSA) is 89.8 Å². The molecule has 8 heteroatoms. The van der Waals surface area contributed by atoms with Crippen LogP contribution in [0.1, 0.15) is 46.5 Å². The van der Waals surface area contributed by atoms with Crippen LogP contribution in [0.3, 0.4) is 0 Å². The van der Waals surface area contributed by atoms with Gasteiger partial charge in [-0.05, 0) is 52.0 Å². The van der Waals surface area contributed by atoms with Crippen LogP contribution in [0.2, 0.25) is 0 Å². The van der Waals surface area contributed by atoms with Crippen LogP contribution in [0.15, 0.2) is 29.2 Å². The Hall–Kier alpha value is -1.95. The lowest BCUT2D eigenvalue weighted by atomic mass is 10.0. The van der Waals surface area contributed by atoms with Crippen LogP contribution in [0.5, 0.6) is 0 Å². The number of nitro benzene ring substituents is 1. The number of nitrogens with zero attached hydrogens (tertiary/aromatic N) is 2. The van der Waals surface area contributed by atoms with E-state index in [0.717, 1.165) is 6.42 Å². The quantitative estimate of drug-likeness (QED) is 0.305. The van der Waals surface area contributed by atoms with Crippen molar-refractivity contribution >= 4 is 15.7 Å². The van der Waals surface area contributed by atoms with E-state index < -0.39 is 26.2 Å². The summed E-state index contributed by atoms with van der Waals surface area (Å²) in [4.78, 5) is 10.3. The van der Waals surface area contributed by atoms with E-state index >= 15 is 0 Å². The van der Waals surface area contributed by atoms with Crippen molar-refractivity contribution in [3.05, 3.63) is 34.4 Å². The molecule has 1 aromatic carbocycles. The molecule has 148 valence electrons. The van der Waals surface area contributed by atoms with Gasteiger partial charge in [-0.15, -0.1) is 12.3 Å². The summed E-state index contributed by atoms with van der Waals surface area (Å²) in [5.74, 6) is 2.88. The van der Waals surface area contributed by atoms with Gasteiger partial charge in [-0.1, -0.05) is 12.1 Å². The van der Waals surface area contributed by atoms with Crippen molar-refractivity contribution in [1.29, 1.82) is 0 Å². The molecule has 1 aliphatic rings. The molecule has 0 saturated heterocycles. The first-order chi connectivity index (χ1) is 12.6. The van der Waals surface area contributed by atoms with E-state index in [-0.39, 0.29) is 23.6 Å². The van der Waals surface area contributed by atoms with Gasteiger partial charge < -0.3 is 4.74 Å². The molecule has 27 heavy (non-hydrogen) atoms. The highest BCUT2D eigenvalue weighted by Gasteiger charge is 2.39. The van der Waals surface area contributed by atoms with Gasteiger partial charge in [-0.25, -0.2) is 8.42 Å². The number of para-hydroxylation sites is 1. The van der Waals surface area contributed by atoms with Crippen molar-refractivity contribution in [3.63, 3.8) is 0 Å². The van der Waals surface area contributed by atoms with Gasteiger partial charge in [0.05, 0.1) is 10.5 Å². The largest absolute Gasteiger partial charge is 0.359 e. The Morgan fingerprint density at radius 2 is 2.00 bits per heavy atom. The van der Waals surface area contributed by atoms with E-state index in [0.29, 0.717) is 19.3 Å². The Labute approximate surface area is 160 Å². The van der Waals surface area contributed by atoms with E-state index in [1.807, 2.05) is 20.8 Å². The fourth-order valence-electron chi connectivity index (χ4n) is 3.24. The molecule has 1 saturated carbocycles. The summed E-state index contributed by atoms with van der Waals surface area (Å²) < 4.78 is 33.7. The summed E-state index contributed by atoms with van der Waals surface area (Å²) in [7, 11) is -4.11. The van der Waals surface area contributed by atoms with Gasteiger partial charge in [0.15, 0.2) is 4.90 Å². The van der Waals surface area contributed by atoms with Gasteiger partial charge >= 0.3 is 0 Å². The maximum Gasteiger partial charge on any atom is 0.289 e. The normalized spacial score (nSPS) is 20.6. The zero-order chi connectivity index (χ0) is 20.2. The second-order valence-corrected chi connectivity index (χ2v) is 9.60. The highest BCUT2D eigenvalue weighted by Crippen LogP contribution is 2.36. The summed E-state index contributed by atoms with van der Waals surface area (Å²) in [6, 6.07) is 5.11. The van der Waals surface area contributed by atoms with E-state index in [1.54, 1.807) is 0 Å². The number of hydrogen-bond acceptors (Lipinski definition) is 5. The lowest BCUT2D eigenvalue weighted by Crippen LogP contribution is -2.42. The molecule has 2 rings (SSSR count). The fourth-order valence-corrected chi connectivity index (χ4v) is 4.93. The molecule has 0 spiro atoms. The fraction of sp³-hybridized carbons (Fsp3) is 0.579. The molecule has 0 heterocycles. The van der Waals surface area contributed by atoms with Gasteiger partial charge in [0.2, 0.25) is 0 Å². The van der Waals surface area contributed by atoms with Gasteiger partial charge in [0.25, 0.3) is 15.7 Å². The lowest BCUT2D eigenvalue weighted by Gasteiger charge is -2.31. The van der Waals surface area contributed by atoms with Crippen molar-refractivity contribution in [1.82, 2.24) is 4.31 Å². The molecule has 1 aliphatic carbocycles. The second-order valence-electron chi connectivity index (χ2n) is 7.74. The maximum atomic E-state index is 13.3. The maximum absolute atomic E-state index is 13.3. The molecule has 2 unspecified atom stereocenters. The van der Waals surface area contributed by atoms with Crippen molar-refractivity contribution in [2.75, 3.05) is 6.73 Å². The van der Waals surface area contributed by atoms with Gasteiger partial charge in [-0.2, -0.15) is 4.31 Å². The standard InChI is InChI=1S/C19H26N2O5S/c1-5-8-15-11-12-16(13-15)20(14-26-19(2,3)4)27(24,25)18-10-7-6-9-17(18)21(22)23/h1,6-7,9-10,15-16H,8,11-14H2,2-4H3. The zero-order valence-electron chi connectivity index (χ0n) is 15.9. The van der Waals surface area contributed by atoms with Crippen LogP contribution in [0.25, 0.3) is 0 Å². The van der Waals surface area contributed by atoms with Crippen molar-refractivity contribution in [2.24, 2.45) is 5.92 Å². The van der Waals surface area contributed by atoms with Gasteiger partial charge in [-0.3, -0.25) is 10.1 Å². The molecule has 0 bridgehead atoms. The molecule has 0 aromatic heterocycles. The number of sulfonamides is 1. The van der Waals surface area contributed by atoms with Crippen molar-refractivity contribution in [2.45, 2.75) is 63.0 Å². The molecular formula is C19H26N2O5S. The van der Waals surface area contributed by atoms with Crippen LogP contribution >= 0.6 is 0 Å². The molecule has 0 radical (unpaired) electrons. The Kier molecular flexibility index (Phi) is 6.63. The van der Waals surface area contributed by atoms with Crippen molar-refractivity contribution in [3.8, 4) is 12.3 Å². The number of ether oxygens (including phenoxy) is 1. The predicted octanol–water partition coefficient (Wildman–Crippen LogP) is 3.55. The molecule has 1 fully saturated rings. The minimum absolute atomic E-state index is 0.161. The van der Waals surface area contributed by atoms with Crippen LogP contribution in [-0.2, 0) is 14.8 Å². The molecule has 0 amide bonds. The molecule has 0 aliphatic heterocycles. The average Bonchev–Trinajstić information content (AvgIpc) is 3.02. The predicted molar refractivity (Wildman–Crippen MR) is 102 cm³/mol. The third-order valence-electron chi connectivity index (χ3n) is 4.60. The average molecular weight is 394 g/mol. The summed E-state index contributed by atoms with van der Waals surface area (Å²) in [5, 5.41) is 11.3. The number of nitro groups is 1. The number of terminal acetylenes is 1. The van der Waals surface area contributed by atoms with E-state index in [2.05, 4.69) is 5.92 Å². The molecule has 0 N–H and O–H groups in total. The Balaban J connectivity index is 2.40. The first-order valence-electron chi connectivity index (χ1n) is 8.89. The Bertz CT molecular complexity index is 823. The number of rotatable bonds is 7. The SMILES string of the molecule is C#CCC1CCC(N(COC(C)(C)C)S(=O)(=O)c2ccccc2[N+](=O)[O-])C1. The van der Waals surface area contributed by atoms with E-state index in [4.69, 9.17) is 11.2 Å². The van der Waals surface area contributed by atoms with Crippen LogP contribution in [0.4, 0.5) is 5.69 Å². The van der Waals surface area contributed by atoms with E-state index in [1.165, 1.54) is 28.6 Å². The van der Waals surface area contributed by atoms with Crippen LogP contribution in [0, 0.1) is 28.4 Å². The lowest BCUT2D eigenvalue weighted by molar-refractivity contribution is -0.387. The Morgan fingerprint density at radius 3 is 2.59 bits per heavy atom. The zero-order valence-corrected chi connectivity index (χ0v) is 16.7. The highest BCUT2D eigenvalue weighted by atomic mass is 32.2. The Morgan fingerprint density at radius 1 is 1.33 bits per heavy atom. The number of hydrogen-bond donors (Lipinski definition) is 0. The first-order valence-corrected chi connectivity index (χ1v) is 10.3. The smallest absolute Gasteiger partial charge is 0.289 e. The van der Waals surface area contributed by atoms with E-state index in [9.17, 15) is 18.5 Å².